The van der Waals surface area contributed by atoms with Gasteiger partial charge in [-0.15, -0.1) is 23.2 Å². The standard InChI is InChI=1S/C9H10Cl2O/c1-6-5-9(2,8(10)11)4-3-7(6)12/h3-5,8H,1-2H3/t9-/m0/s1. The fourth-order valence-electron chi connectivity index (χ4n) is 1.11. The predicted octanol–water partition coefficient (Wildman–Crippen LogP) is 2.88. The lowest BCUT2D eigenvalue weighted by atomic mass is 9.85. The van der Waals surface area contributed by atoms with Crippen molar-refractivity contribution in [2.75, 3.05) is 0 Å². The van der Waals surface area contributed by atoms with E-state index in [0.717, 1.165) is 0 Å². The molecule has 0 saturated carbocycles. The minimum Gasteiger partial charge on any atom is -0.290 e. The molecule has 66 valence electrons. The van der Waals surface area contributed by atoms with Crippen LogP contribution in [0.1, 0.15) is 13.8 Å². The van der Waals surface area contributed by atoms with Crippen LogP contribution >= 0.6 is 23.2 Å². The molecule has 0 spiro atoms. The Balaban J connectivity index is 2.99. The van der Waals surface area contributed by atoms with Gasteiger partial charge in [-0.05, 0) is 25.5 Å². The first-order chi connectivity index (χ1) is 5.46. The summed E-state index contributed by atoms with van der Waals surface area (Å²) in [6.45, 7) is 3.66. The van der Waals surface area contributed by atoms with Gasteiger partial charge in [0, 0.05) is 5.41 Å². The average molecular weight is 205 g/mol. The van der Waals surface area contributed by atoms with Crippen LogP contribution in [0, 0.1) is 5.41 Å². The topological polar surface area (TPSA) is 17.1 Å². The van der Waals surface area contributed by atoms with Gasteiger partial charge in [0.25, 0.3) is 0 Å². The summed E-state index contributed by atoms with van der Waals surface area (Å²) in [5.41, 5.74) is 0.299. The maximum absolute atomic E-state index is 11.1. The summed E-state index contributed by atoms with van der Waals surface area (Å²) in [7, 11) is 0. The summed E-state index contributed by atoms with van der Waals surface area (Å²) in [6.07, 6.45) is 5.07. The Labute approximate surface area is 82.0 Å². The first kappa shape index (κ1) is 9.82. The van der Waals surface area contributed by atoms with Crippen LogP contribution in [0.25, 0.3) is 0 Å². The molecule has 0 unspecified atom stereocenters. The molecule has 0 fully saturated rings. The molecular weight excluding hydrogens is 195 g/mol. The van der Waals surface area contributed by atoms with Crippen LogP contribution in [0.4, 0.5) is 0 Å². The highest BCUT2D eigenvalue weighted by atomic mass is 35.5. The second-order valence-corrected chi connectivity index (χ2v) is 4.29. The van der Waals surface area contributed by atoms with Gasteiger partial charge in [0.1, 0.15) is 4.84 Å². The van der Waals surface area contributed by atoms with Crippen LogP contribution in [0.15, 0.2) is 23.8 Å². The zero-order chi connectivity index (χ0) is 9.35. The van der Waals surface area contributed by atoms with Gasteiger partial charge in [-0.25, -0.2) is 0 Å². The molecule has 1 atom stereocenters. The molecule has 3 heteroatoms. The fraction of sp³-hybridized carbons (Fsp3) is 0.444. The molecule has 1 aliphatic carbocycles. The highest BCUT2D eigenvalue weighted by Gasteiger charge is 2.29. The molecule has 1 nitrogen and oxygen atoms in total. The highest BCUT2D eigenvalue weighted by molar-refractivity contribution is 6.45. The zero-order valence-corrected chi connectivity index (χ0v) is 8.49. The van der Waals surface area contributed by atoms with Gasteiger partial charge < -0.3 is 0 Å². The third-order valence-corrected chi connectivity index (χ3v) is 2.92. The van der Waals surface area contributed by atoms with E-state index in [1.807, 2.05) is 6.92 Å². The molecule has 0 aromatic heterocycles. The normalized spacial score (nSPS) is 29.4. The SMILES string of the molecule is CC1=C[C@@](C)(C(Cl)Cl)C=CC1=O. The van der Waals surface area contributed by atoms with Gasteiger partial charge in [-0.3, -0.25) is 4.79 Å². The van der Waals surface area contributed by atoms with Gasteiger partial charge in [0.05, 0.1) is 0 Å². The van der Waals surface area contributed by atoms with E-state index in [1.54, 1.807) is 19.1 Å². The Morgan fingerprint density at radius 2 is 2.08 bits per heavy atom. The van der Waals surface area contributed by atoms with Gasteiger partial charge in [0.2, 0.25) is 0 Å². The summed E-state index contributed by atoms with van der Waals surface area (Å²) in [5.74, 6) is 0.0291. The Morgan fingerprint density at radius 3 is 2.50 bits per heavy atom. The maximum Gasteiger partial charge on any atom is 0.180 e. The van der Waals surface area contributed by atoms with Crippen molar-refractivity contribution in [3.63, 3.8) is 0 Å². The van der Waals surface area contributed by atoms with Crippen molar-refractivity contribution in [2.45, 2.75) is 18.7 Å². The number of rotatable bonds is 1. The number of carbonyl (C=O) groups excluding carboxylic acids is 1. The van der Waals surface area contributed by atoms with E-state index in [2.05, 4.69) is 0 Å². The van der Waals surface area contributed by atoms with Crippen molar-refractivity contribution < 1.29 is 4.79 Å². The first-order valence-corrected chi connectivity index (χ1v) is 4.54. The third-order valence-electron chi connectivity index (χ3n) is 1.98. The third kappa shape index (κ3) is 1.73. The molecule has 1 rings (SSSR count). The summed E-state index contributed by atoms with van der Waals surface area (Å²) >= 11 is 11.5. The molecule has 0 radical (unpaired) electrons. The quantitative estimate of drug-likeness (QED) is 0.601. The van der Waals surface area contributed by atoms with Crippen molar-refractivity contribution in [3.8, 4) is 0 Å². The zero-order valence-electron chi connectivity index (χ0n) is 6.97. The second-order valence-electron chi connectivity index (χ2n) is 3.19. The van der Waals surface area contributed by atoms with Crippen molar-refractivity contribution in [1.82, 2.24) is 0 Å². The van der Waals surface area contributed by atoms with E-state index in [0.29, 0.717) is 5.57 Å². The Morgan fingerprint density at radius 1 is 1.50 bits per heavy atom. The second kappa shape index (κ2) is 3.23. The minimum atomic E-state index is -0.517. The molecule has 0 amide bonds. The van der Waals surface area contributed by atoms with E-state index in [-0.39, 0.29) is 5.78 Å². The largest absolute Gasteiger partial charge is 0.290 e. The summed E-state index contributed by atoms with van der Waals surface area (Å²) in [6, 6.07) is 0. The lowest BCUT2D eigenvalue weighted by Crippen LogP contribution is -2.23. The molecule has 1 aliphatic rings. The highest BCUT2D eigenvalue weighted by Crippen LogP contribution is 2.35. The molecule has 0 heterocycles. The summed E-state index contributed by atoms with van der Waals surface area (Å²) in [4.78, 5) is 10.5. The molecule has 0 aromatic carbocycles. The van der Waals surface area contributed by atoms with Crippen LogP contribution in [0.5, 0.6) is 0 Å². The number of alkyl halides is 2. The summed E-state index contributed by atoms with van der Waals surface area (Å²) < 4.78 is 0. The number of hydrogen-bond donors (Lipinski definition) is 0. The van der Waals surface area contributed by atoms with Crippen molar-refractivity contribution in [2.24, 2.45) is 5.41 Å². The molecule has 12 heavy (non-hydrogen) atoms. The number of halogens is 2. The van der Waals surface area contributed by atoms with E-state index >= 15 is 0 Å². The monoisotopic (exact) mass is 204 g/mol. The summed E-state index contributed by atoms with van der Waals surface area (Å²) in [5, 5.41) is 0. The number of carbonyl (C=O) groups is 1. The molecule has 0 aromatic rings. The van der Waals surface area contributed by atoms with E-state index in [1.165, 1.54) is 6.08 Å². The average Bonchev–Trinajstić information content (AvgIpc) is 1.97. The molecule has 0 saturated heterocycles. The molecule has 0 bridgehead atoms. The Kier molecular flexibility index (Phi) is 2.64. The predicted molar refractivity (Wildman–Crippen MR) is 51.5 cm³/mol. The van der Waals surface area contributed by atoms with Crippen molar-refractivity contribution >= 4 is 29.0 Å². The fourth-order valence-corrected chi connectivity index (χ4v) is 1.38. The Hall–Kier alpha value is -0.270. The molecule has 0 N–H and O–H groups in total. The van der Waals surface area contributed by atoms with Crippen LogP contribution in [0.3, 0.4) is 0 Å². The molecular formula is C9H10Cl2O. The lowest BCUT2D eigenvalue weighted by molar-refractivity contribution is -0.111. The molecule has 0 aliphatic heterocycles. The van der Waals surface area contributed by atoms with Crippen LogP contribution < -0.4 is 0 Å². The lowest BCUT2D eigenvalue weighted by Gasteiger charge is -2.26. The first-order valence-electron chi connectivity index (χ1n) is 3.67. The van der Waals surface area contributed by atoms with Gasteiger partial charge in [-0.2, -0.15) is 0 Å². The number of ketones is 1. The maximum atomic E-state index is 11.1. The van der Waals surface area contributed by atoms with Gasteiger partial charge >= 0.3 is 0 Å². The number of hydrogen-bond acceptors (Lipinski definition) is 1. The van der Waals surface area contributed by atoms with E-state index in [4.69, 9.17) is 23.2 Å². The Bertz CT molecular complexity index is 266. The van der Waals surface area contributed by atoms with E-state index in [9.17, 15) is 4.79 Å². The van der Waals surface area contributed by atoms with E-state index < -0.39 is 10.3 Å². The van der Waals surface area contributed by atoms with Crippen molar-refractivity contribution in [3.05, 3.63) is 23.8 Å². The van der Waals surface area contributed by atoms with Crippen LogP contribution in [0.2, 0.25) is 0 Å². The smallest absolute Gasteiger partial charge is 0.180 e. The van der Waals surface area contributed by atoms with Crippen LogP contribution in [-0.2, 0) is 4.79 Å². The van der Waals surface area contributed by atoms with Gasteiger partial charge in [0.15, 0.2) is 5.78 Å². The van der Waals surface area contributed by atoms with Crippen molar-refractivity contribution in [1.29, 1.82) is 0 Å². The van der Waals surface area contributed by atoms with Crippen LogP contribution in [-0.4, -0.2) is 10.6 Å². The number of allylic oxidation sites excluding steroid dienone is 4. The minimum absolute atomic E-state index is 0.0291. The van der Waals surface area contributed by atoms with Gasteiger partial charge in [-0.1, -0.05) is 12.2 Å².